The first-order chi connectivity index (χ1) is 6.18. The fourth-order valence-electron chi connectivity index (χ4n) is 1.62. The summed E-state index contributed by atoms with van der Waals surface area (Å²) < 4.78 is 0. The van der Waals surface area contributed by atoms with Crippen LogP contribution in [-0.4, -0.2) is 9.97 Å². The van der Waals surface area contributed by atoms with Gasteiger partial charge in [-0.3, -0.25) is 4.98 Å². The molecule has 2 aromatic rings. The molecule has 0 radical (unpaired) electrons. The second kappa shape index (κ2) is 2.87. The molecule has 0 unspecified atom stereocenters. The lowest BCUT2D eigenvalue weighted by molar-refractivity contribution is 0.875. The Kier molecular flexibility index (Phi) is 1.83. The van der Waals surface area contributed by atoms with Gasteiger partial charge in [0.25, 0.3) is 0 Å². The van der Waals surface area contributed by atoms with Crippen LogP contribution in [-0.2, 0) is 0 Å². The van der Waals surface area contributed by atoms with Crippen LogP contribution in [0.5, 0.6) is 0 Å². The quantitative estimate of drug-likeness (QED) is 0.707. The van der Waals surface area contributed by atoms with Gasteiger partial charge >= 0.3 is 0 Å². The molecule has 0 spiro atoms. The van der Waals surface area contributed by atoms with E-state index in [1.54, 1.807) is 0 Å². The summed E-state index contributed by atoms with van der Waals surface area (Å²) in [7, 11) is 0. The average Bonchev–Trinajstić information content (AvgIpc) is 2.46. The largest absolute Gasteiger partial charge is 0.361 e. The molecule has 68 valence electrons. The third-order valence-electron chi connectivity index (χ3n) is 2.36. The van der Waals surface area contributed by atoms with Crippen LogP contribution in [0.15, 0.2) is 18.5 Å². The molecule has 2 nitrogen and oxygen atoms in total. The van der Waals surface area contributed by atoms with Gasteiger partial charge in [0, 0.05) is 29.0 Å². The minimum atomic E-state index is 0.554. The van der Waals surface area contributed by atoms with Crippen molar-refractivity contribution in [1.29, 1.82) is 0 Å². The first-order valence-electron chi connectivity index (χ1n) is 4.62. The predicted molar refractivity (Wildman–Crippen MR) is 54.9 cm³/mol. The number of rotatable bonds is 1. The van der Waals surface area contributed by atoms with Crippen molar-refractivity contribution in [2.24, 2.45) is 0 Å². The average molecular weight is 174 g/mol. The fraction of sp³-hybridized carbons (Fsp3) is 0.364. The molecule has 0 aliphatic rings. The van der Waals surface area contributed by atoms with E-state index in [0.29, 0.717) is 5.92 Å². The number of pyridine rings is 1. The Morgan fingerprint density at radius 2 is 2.15 bits per heavy atom. The molecule has 13 heavy (non-hydrogen) atoms. The maximum Gasteiger partial charge on any atom is 0.0490 e. The summed E-state index contributed by atoms with van der Waals surface area (Å²) in [5.41, 5.74) is 3.60. The molecule has 0 aromatic carbocycles. The summed E-state index contributed by atoms with van der Waals surface area (Å²) in [6.45, 7) is 6.40. The summed E-state index contributed by atoms with van der Waals surface area (Å²) in [5, 5.41) is 1.25. The number of aryl methyl sites for hydroxylation is 1. The molecule has 0 aliphatic heterocycles. The molecule has 0 bridgehead atoms. The first kappa shape index (κ1) is 8.30. The topological polar surface area (TPSA) is 28.7 Å². The summed E-state index contributed by atoms with van der Waals surface area (Å²) in [4.78, 5) is 7.57. The lowest BCUT2D eigenvalue weighted by Crippen LogP contribution is -1.85. The first-order valence-corrected chi connectivity index (χ1v) is 4.62. The van der Waals surface area contributed by atoms with Gasteiger partial charge in [0.15, 0.2) is 0 Å². The molecule has 0 fully saturated rings. The maximum absolute atomic E-state index is 4.30. The van der Waals surface area contributed by atoms with Crippen LogP contribution in [0.1, 0.15) is 31.0 Å². The highest BCUT2D eigenvalue weighted by molar-refractivity contribution is 5.83. The SMILES string of the molecule is Cc1cc2[nH]cc(C(C)C)c2cn1. The number of fused-ring (bicyclic) bond motifs is 1. The van der Waals surface area contributed by atoms with Crippen molar-refractivity contribution in [2.45, 2.75) is 26.7 Å². The highest BCUT2D eigenvalue weighted by atomic mass is 14.7. The number of hydrogen-bond acceptors (Lipinski definition) is 1. The number of hydrogen-bond donors (Lipinski definition) is 1. The lowest BCUT2D eigenvalue weighted by atomic mass is 10.0. The van der Waals surface area contributed by atoms with Gasteiger partial charge in [0.1, 0.15) is 0 Å². The van der Waals surface area contributed by atoms with E-state index in [1.165, 1.54) is 16.5 Å². The Bertz CT molecular complexity index is 427. The summed E-state index contributed by atoms with van der Waals surface area (Å²) in [6, 6.07) is 2.08. The molecule has 2 heterocycles. The van der Waals surface area contributed by atoms with E-state index in [4.69, 9.17) is 0 Å². The molecule has 2 aromatic heterocycles. The van der Waals surface area contributed by atoms with Gasteiger partial charge in [0.2, 0.25) is 0 Å². The molecule has 0 saturated heterocycles. The van der Waals surface area contributed by atoms with Crippen LogP contribution in [0.25, 0.3) is 10.9 Å². The van der Waals surface area contributed by atoms with Crippen LogP contribution in [0.2, 0.25) is 0 Å². The minimum Gasteiger partial charge on any atom is -0.361 e. The number of aromatic nitrogens is 2. The van der Waals surface area contributed by atoms with Crippen LogP contribution in [0.4, 0.5) is 0 Å². The third-order valence-corrected chi connectivity index (χ3v) is 2.36. The zero-order valence-electron chi connectivity index (χ0n) is 8.26. The molecular formula is C11H14N2. The van der Waals surface area contributed by atoms with Gasteiger partial charge in [-0.25, -0.2) is 0 Å². The number of nitrogens with zero attached hydrogens (tertiary/aromatic N) is 1. The van der Waals surface area contributed by atoms with E-state index >= 15 is 0 Å². The highest BCUT2D eigenvalue weighted by Gasteiger charge is 2.06. The van der Waals surface area contributed by atoms with Crippen LogP contribution >= 0.6 is 0 Å². The van der Waals surface area contributed by atoms with Gasteiger partial charge in [-0.05, 0) is 24.5 Å². The van der Waals surface area contributed by atoms with E-state index < -0.39 is 0 Å². The Morgan fingerprint density at radius 1 is 1.38 bits per heavy atom. The number of H-pyrrole nitrogens is 1. The van der Waals surface area contributed by atoms with E-state index in [1.807, 2.05) is 13.1 Å². The van der Waals surface area contributed by atoms with Crippen molar-refractivity contribution >= 4 is 10.9 Å². The Hall–Kier alpha value is -1.31. The third kappa shape index (κ3) is 1.32. The van der Waals surface area contributed by atoms with Crippen molar-refractivity contribution in [1.82, 2.24) is 9.97 Å². The smallest absolute Gasteiger partial charge is 0.0490 e. The van der Waals surface area contributed by atoms with E-state index in [9.17, 15) is 0 Å². The number of aromatic amines is 1. The van der Waals surface area contributed by atoms with Gasteiger partial charge in [-0.1, -0.05) is 13.8 Å². The maximum atomic E-state index is 4.30. The van der Waals surface area contributed by atoms with Crippen LogP contribution < -0.4 is 0 Å². The normalized spacial score (nSPS) is 11.4. The monoisotopic (exact) mass is 174 g/mol. The Labute approximate surface area is 78.0 Å². The summed E-state index contributed by atoms with van der Waals surface area (Å²) >= 11 is 0. The molecular weight excluding hydrogens is 160 g/mol. The Balaban J connectivity index is 2.69. The standard InChI is InChI=1S/C11H14N2/c1-7(2)9-5-13-11-4-8(3)12-6-10(9)11/h4-7,13H,1-3H3. The van der Waals surface area contributed by atoms with Crippen LogP contribution in [0, 0.1) is 6.92 Å². The second-order valence-electron chi connectivity index (χ2n) is 3.77. The van der Waals surface area contributed by atoms with Crippen LogP contribution in [0.3, 0.4) is 0 Å². The van der Waals surface area contributed by atoms with E-state index in [2.05, 4.69) is 36.1 Å². The molecule has 1 N–H and O–H groups in total. The van der Waals surface area contributed by atoms with Gasteiger partial charge < -0.3 is 4.98 Å². The molecule has 0 atom stereocenters. The van der Waals surface area contributed by atoms with Crippen molar-refractivity contribution in [3.05, 3.63) is 29.7 Å². The summed E-state index contributed by atoms with van der Waals surface area (Å²) in [6.07, 6.45) is 4.03. The van der Waals surface area contributed by atoms with Crippen molar-refractivity contribution < 1.29 is 0 Å². The van der Waals surface area contributed by atoms with Crippen molar-refractivity contribution in [3.63, 3.8) is 0 Å². The van der Waals surface area contributed by atoms with Crippen molar-refractivity contribution in [2.75, 3.05) is 0 Å². The molecule has 2 rings (SSSR count). The van der Waals surface area contributed by atoms with Gasteiger partial charge in [0.05, 0.1) is 0 Å². The van der Waals surface area contributed by atoms with Gasteiger partial charge in [-0.2, -0.15) is 0 Å². The van der Waals surface area contributed by atoms with Gasteiger partial charge in [-0.15, -0.1) is 0 Å². The predicted octanol–water partition coefficient (Wildman–Crippen LogP) is 2.99. The molecule has 0 aliphatic carbocycles. The zero-order valence-corrected chi connectivity index (χ0v) is 8.26. The highest BCUT2D eigenvalue weighted by Crippen LogP contribution is 2.24. The van der Waals surface area contributed by atoms with Crippen molar-refractivity contribution in [3.8, 4) is 0 Å². The molecule has 2 heteroatoms. The fourth-order valence-corrected chi connectivity index (χ4v) is 1.62. The lowest BCUT2D eigenvalue weighted by Gasteiger charge is -2.01. The van der Waals surface area contributed by atoms with E-state index in [0.717, 1.165) is 5.69 Å². The summed E-state index contributed by atoms with van der Waals surface area (Å²) in [5.74, 6) is 0.554. The second-order valence-corrected chi connectivity index (χ2v) is 3.77. The van der Waals surface area contributed by atoms with E-state index in [-0.39, 0.29) is 0 Å². The zero-order chi connectivity index (χ0) is 9.42. The molecule has 0 saturated carbocycles. The number of nitrogens with one attached hydrogen (secondary N) is 1. The molecule has 0 amide bonds. The minimum absolute atomic E-state index is 0.554. The Morgan fingerprint density at radius 3 is 2.85 bits per heavy atom.